The van der Waals surface area contributed by atoms with Crippen LogP contribution < -0.4 is 0 Å². The third-order valence-corrected chi connectivity index (χ3v) is 1.56. The molecule has 0 spiro atoms. The molecule has 5 heteroatoms. The third kappa shape index (κ3) is 3.79. The van der Waals surface area contributed by atoms with Gasteiger partial charge in [0.15, 0.2) is 0 Å². The van der Waals surface area contributed by atoms with E-state index in [1.165, 1.54) is 0 Å². The summed E-state index contributed by atoms with van der Waals surface area (Å²) >= 11 is 0. The van der Waals surface area contributed by atoms with E-state index in [9.17, 15) is 5.11 Å². The first-order valence-electron chi connectivity index (χ1n) is 3.56. The monoisotopic (exact) mass is 540 g/mol. The van der Waals surface area contributed by atoms with Gasteiger partial charge >= 0.3 is 0 Å². The number of rotatable bonds is 2. The number of aliphatic hydroxyl groups is 2. The fourth-order valence-corrected chi connectivity index (χ4v) is 1.01. The molecule has 0 saturated heterocycles. The van der Waals surface area contributed by atoms with Crippen LogP contribution in [0, 0.1) is 19.1 Å². The molecule has 1 rings (SSSR count). The Bertz CT molecular complexity index is 264. The fraction of sp³-hybridized carbons (Fsp3) is 0.333. The molecular formula is C9H10O3Re2-2. The second-order valence-electron chi connectivity index (χ2n) is 2.50. The topological polar surface area (TPSA) is 60.7 Å². The largest absolute Gasteiger partial charge is 0.621 e. The van der Waals surface area contributed by atoms with Crippen LogP contribution in [0.25, 0.3) is 0 Å². The summed E-state index contributed by atoms with van der Waals surface area (Å²) in [5.41, 5.74) is 1.27. The van der Waals surface area contributed by atoms with Gasteiger partial charge in [-0.25, -0.2) is 11.1 Å². The van der Waals surface area contributed by atoms with E-state index in [4.69, 9.17) is 10.2 Å². The van der Waals surface area contributed by atoms with E-state index >= 15 is 0 Å². The van der Waals surface area contributed by atoms with Crippen molar-refractivity contribution in [3.63, 3.8) is 0 Å². The molecule has 2 radical (unpaired) electrons. The molecule has 0 amide bonds. The van der Waals surface area contributed by atoms with Gasteiger partial charge in [-0.05, 0) is 0 Å². The Balaban J connectivity index is 0. The maximum absolute atomic E-state index is 9.33. The number of aryl methyl sites for hydroxylation is 1. The van der Waals surface area contributed by atoms with E-state index in [2.05, 4.69) is 12.1 Å². The van der Waals surface area contributed by atoms with Gasteiger partial charge < -0.3 is 27.5 Å². The molecule has 0 heterocycles. The molecular weight excluding hydrogens is 529 g/mol. The van der Waals surface area contributed by atoms with E-state index < -0.39 is 0 Å². The van der Waals surface area contributed by atoms with Crippen LogP contribution in [0.2, 0.25) is 0 Å². The quantitative estimate of drug-likeness (QED) is 0.475. The predicted molar refractivity (Wildman–Crippen MR) is 42.4 cm³/mol. The summed E-state index contributed by atoms with van der Waals surface area (Å²) in [4.78, 5) is 0. The summed E-state index contributed by atoms with van der Waals surface area (Å²) in [6.45, 7) is 1.17. The molecule has 1 aromatic carbocycles. The van der Waals surface area contributed by atoms with Crippen LogP contribution >= 0.6 is 0 Å². The normalized spacial score (nSPS) is 8.79. The van der Waals surface area contributed by atoms with Gasteiger partial charge in [0.25, 0.3) is 0 Å². The predicted octanol–water partition coefficient (Wildman–Crippen LogP) is 0.281. The van der Waals surface area contributed by atoms with Gasteiger partial charge in [-0.2, -0.15) is 0 Å². The van der Waals surface area contributed by atoms with E-state index in [0.717, 1.165) is 0 Å². The molecule has 80 valence electrons. The molecule has 0 atom stereocenters. The second kappa shape index (κ2) is 7.54. The number of benzene rings is 1. The van der Waals surface area contributed by atoms with Crippen LogP contribution in [0.15, 0.2) is 0 Å². The zero-order valence-corrected chi connectivity index (χ0v) is 12.9. The van der Waals surface area contributed by atoms with Gasteiger partial charge in [0.2, 0.25) is 0 Å². The molecule has 1 aromatic rings. The molecule has 0 saturated carbocycles. The summed E-state index contributed by atoms with van der Waals surface area (Å²) in [5, 5.41) is 26.9. The summed E-state index contributed by atoms with van der Waals surface area (Å²) in [6, 6.07) is 5.47. The molecule has 0 aliphatic carbocycles. The first kappa shape index (κ1) is 16.7. The van der Waals surface area contributed by atoms with Crippen molar-refractivity contribution in [1.82, 2.24) is 0 Å². The number of hydrogen-bond acceptors (Lipinski definition) is 3. The van der Waals surface area contributed by atoms with Crippen LogP contribution in [0.3, 0.4) is 0 Å². The molecule has 0 bridgehead atoms. The molecule has 0 unspecified atom stereocenters. The summed E-state index contributed by atoms with van der Waals surface area (Å²) in [7, 11) is 0. The minimum Gasteiger partial charge on any atom is -0.621 e. The van der Waals surface area contributed by atoms with Crippen molar-refractivity contribution in [2.75, 3.05) is 0 Å². The van der Waals surface area contributed by atoms with Crippen molar-refractivity contribution in [2.45, 2.75) is 20.1 Å². The smallest absolute Gasteiger partial charge is 0.0283 e. The maximum Gasteiger partial charge on any atom is 0.0283 e. The van der Waals surface area contributed by atoms with E-state index in [1.807, 2.05) is 0 Å². The Morgan fingerprint density at radius 3 is 1.64 bits per heavy atom. The Kier molecular flexibility index (Phi) is 8.99. The van der Waals surface area contributed by atoms with Crippen molar-refractivity contribution >= 4 is 0 Å². The van der Waals surface area contributed by atoms with Crippen LogP contribution in [0.1, 0.15) is 16.7 Å². The summed E-state index contributed by atoms with van der Waals surface area (Å²) < 4.78 is 0. The van der Waals surface area contributed by atoms with E-state index in [1.54, 1.807) is 6.92 Å². The van der Waals surface area contributed by atoms with Gasteiger partial charge in [-0.15, -0.1) is 5.75 Å². The van der Waals surface area contributed by atoms with Crippen molar-refractivity contribution in [3.05, 3.63) is 28.8 Å². The van der Waals surface area contributed by atoms with E-state index in [0.29, 0.717) is 16.7 Å². The Hall–Kier alpha value is 0.265. The van der Waals surface area contributed by atoms with Gasteiger partial charge in [-0.3, -0.25) is 5.56 Å². The molecule has 3 N–H and O–H groups in total. The van der Waals surface area contributed by atoms with Crippen LogP contribution in [0.4, 0.5) is 0 Å². The average Bonchev–Trinajstić information content (AvgIpc) is 2.08. The van der Waals surface area contributed by atoms with Gasteiger partial charge in [0, 0.05) is 54.1 Å². The molecule has 0 aliphatic heterocycles. The van der Waals surface area contributed by atoms with Crippen LogP contribution in [0.5, 0.6) is 5.75 Å². The van der Waals surface area contributed by atoms with Crippen LogP contribution in [-0.2, 0) is 54.1 Å². The number of aliphatic hydroxyl groups excluding tert-OH is 2. The Labute approximate surface area is 110 Å². The summed E-state index contributed by atoms with van der Waals surface area (Å²) in [6.07, 6.45) is 0. The molecule has 0 aliphatic rings. The number of phenols is 1. The molecule has 3 nitrogen and oxygen atoms in total. The van der Waals surface area contributed by atoms with Crippen molar-refractivity contribution in [2.24, 2.45) is 0 Å². The van der Waals surface area contributed by atoms with Crippen molar-refractivity contribution in [3.8, 4) is 5.75 Å². The zero-order chi connectivity index (χ0) is 9.14. The first-order valence-corrected chi connectivity index (χ1v) is 3.56. The minimum atomic E-state index is -0.283. The molecule has 0 aromatic heterocycles. The maximum atomic E-state index is 9.33. The summed E-state index contributed by atoms with van der Waals surface area (Å²) in [5.74, 6) is -0.120. The SMILES string of the molecule is Cc1[c-]c(CO)c(O)c(CO)[c-]1.[Re].[Re]. The second-order valence-corrected chi connectivity index (χ2v) is 2.50. The Morgan fingerprint density at radius 1 is 1.00 bits per heavy atom. The molecule has 0 fully saturated rings. The van der Waals surface area contributed by atoms with Crippen molar-refractivity contribution < 1.29 is 56.2 Å². The standard InChI is InChI=1S/C9H10O3.2Re/c1-6-2-7(4-10)9(12)8(3-6)5-11;;/h10-12H,4-5H2,1H3;;/q-2;;. The Morgan fingerprint density at radius 2 is 1.36 bits per heavy atom. The van der Waals surface area contributed by atoms with Gasteiger partial charge in [0.1, 0.15) is 0 Å². The minimum absolute atomic E-state index is 0. The number of aromatic hydroxyl groups is 1. The first-order chi connectivity index (χ1) is 5.69. The molecule has 14 heavy (non-hydrogen) atoms. The number of hydrogen-bond donors (Lipinski definition) is 3. The van der Waals surface area contributed by atoms with Gasteiger partial charge in [0.05, 0.1) is 0 Å². The third-order valence-electron chi connectivity index (χ3n) is 1.56. The van der Waals surface area contributed by atoms with E-state index in [-0.39, 0.29) is 59.8 Å². The fourth-order valence-electron chi connectivity index (χ4n) is 1.01. The zero-order valence-electron chi connectivity index (χ0n) is 7.51. The van der Waals surface area contributed by atoms with Crippen LogP contribution in [-0.4, -0.2) is 15.3 Å². The average molecular weight is 539 g/mol. The van der Waals surface area contributed by atoms with Gasteiger partial charge in [-0.1, -0.05) is 6.92 Å². The van der Waals surface area contributed by atoms with Crippen molar-refractivity contribution in [1.29, 1.82) is 0 Å².